The quantitative estimate of drug-likeness (QED) is 0.852. The number of amides is 2. The lowest BCUT2D eigenvalue weighted by Gasteiger charge is -2.07. The molecule has 0 saturated heterocycles. The van der Waals surface area contributed by atoms with E-state index in [2.05, 4.69) is 15.6 Å². The van der Waals surface area contributed by atoms with Crippen molar-refractivity contribution in [3.63, 3.8) is 0 Å². The molecular weight excluding hydrogens is 278 g/mol. The van der Waals surface area contributed by atoms with Crippen molar-refractivity contribution in [3.05, 3.63) is 58.9 Å². The fraction of sp³-hybridized carbons (Fsp3) is 0.0714. The van der Waals surface area contributed by atoms with E-state index in [1.807, 2.05) is 0 Å². The zero-order valence-electron chi connectivity index (χ0n) is 10.7. The molecule has 0 spiro atoms. The number of halogens is 1. The van der Waals surface area contributed by atoms with Crippen molar-refractivity contribution in [3.8, 4) is 0 Å². The maximum Gasteiger partial charge on any atom is 0.255 e. The molecule has 5 nitrogen and oxygen atoms in total. The minimum absolute atomic E-state index is 0.215. The van der Waals surface area contributed by atoms with Gasteiger partial charge in [0.2, 0.25) is 0 Å². The van der Waals surface area contributed by atoms with Gasteiger partial charge in [-0.1, -0.05) is 17.7 Å². The minimum atomic E-state index is -0.316. The van der Waals surface area contributed by atoms with Crippen molar-refractivity contribution in [1.29, 1.82) is 0 Å². The third-order valence-electron chi connectivity index (χ3n) is 2.60. The lowest BCUT2D eigenvalue weighted by atomic mass is 10.2. The minimum Gasteiger partial charge on any atom is -0.355 e. The predicted octanol–water partition coefficient (Wildman–Crippen LogP) is 2.35. The summed E-state index contributed by atoms with van der Waals surface area (Å²) < 4.78 is 0. The van der Waals surface area contributed by atoms with E-state index in [4.69, 9.17) is 11.6 Å². The Balaban J connectivity index is 2.18. The predicted molar refractivity (Wildman–Crippen MR) is 77.0 cm³/mol. The van der Waals surface area contributed by atoms with Gasteiger partial charge in [0.15, 0.2) is 0 Å². The van der Waals surface area contributed by atoms with Crippen LogP contribution in [0.4, 0.5) is 5.69 Å². The van der Waals surface area contributed by atoms with Gasteiger partial charge in [-0.25, -0.2) is 4.98 Å². The Morgan fingerprint density at radius 2 is 1.85 bits per heavy atom. The highest BCUT2D eigenvalue weighted by atomic mass is 35.5. The second-order valence-electron chi connectivity index (χ2n) is 3.98. The van der Waals surface area contributed by atoms with E-state index < -0.39 is 0 Å². The van der Waals surface area contributed by atoms with Crippen LogP contribution in [0.15, 0.2) is 42.6 Å². The number of aromatic nitrogens is 1. The highest BCUT2D eigenvalue weighted by molar-refractivity contribution is 6.29. The molecular formula is C14H12ClN3O2. The second-order valence-corrected chi connectivity index (χ2v) is 4.37. The molecule has 2 N–H and O–H groups in total. The van der Waals surface area contributed by atoms with Crippen LogP contribution in [0, 0.1) is 0 Å². The monoisotopic (exact) mass is 289 g/mol. The fourth-order valence-corrected chi connectivity index (χ4v) is 1.80. The van der Waals surface area contributed by atoms with Crippen molar-refractivity contribution < 1.29 is 9.59 Å². The first-order valence-electron chi connectivity index (χ1n) is 5.85. The number of anilines is 1. The maximum absolute atomic E-state index is 12.0. The molecule has 0 saturated carbocycles. The van der Waals surface area contributed by atoms with Gasteiger partial charge in [-0.05, 0) is 30.3 Å². The standard InChI is InChI=1S/C14H12ClN3O2/c1-16-13(19)9-3-2-4-11(7-9)18-14(20)10-5-6-17-12(15)8-10/h2-8H,1H3,(H,16,19)(H,18,20). The van der Waals surface area contributed by atoms with Gasteiger partial charge < -0.3 is 10.6 Å². The van der Waals surface area contributed by atoms with E-state index in [9.17, 15) is 9.59 Å². The molecule has 0 radical (unpaired) electrons. The topological polar surface area (TPSA) is 71.1 Å². The van der Waals surface area contributed by atoms with Crippen LogP contribution < -0.4 is 10.6 Å². The highest BCUT2D eigenvalue weighted by Gasteiger charge is 2.09. The molecule has 0 aliphatic rings. The van der Waals surface area contributed by atoms with E-state index in [0.717, 1.165) is 0 Å². The largest absolute Gasteiger partial charge is 0.355 e. The summed E-state index contributed by atoms with van der Waals surface area (Å²) in [6.45, 7) is 0. The summed E-state index contributed by atoms with van der Waals surface area (Å²) in [7, 11) is 1.55. The van der Waals surface area contributed by atoms with Crippen LogP contribution in [0.5, 0.6) is 0 Å². The smallest absolute Gasteiger partial charge is 0.255 e. The first-order valence-corrected chi connectivity index (χ1v) is 6.23. The summed E-state index contributed by atoms with van der Waals surface area (Å²) in [6, 6.07) is 9.69. The van der Waals surface area contributed by atoms with E-state index in [0.29, 0.717) is 16.8 Å². The van der Waals surface area contributed by atoms with Crippen LogP contribution in [0.2, 0.25) is 5.15 Å². The fourth-order valence-electron chi connectivity index (χ4n) is 1.63. The van der Waals surface area contributed by atoms with Crippen molar-refractivity contribution in [2.75, 3.05) is 12.4 Å². The number of rotatable bonds is 3. The number of carbonyl (C=O) groups is 2. The molecule has 0 aliphatic heterocycles. The molecule has 1 heterocycles. The Hall–Kier alpha value is -2.40. The number of benzene rings is 1. The summed E-state index contributed by atoms with van der Waals surface area (Å²) in [5.74, 6) is -0.531. The van der Waals surface area contributed by atoms with Gasteiger partial charge in [0.05, 0.1) is 0 Å². The van der Waals surface area contributed by atoms with Crippen LogP contribution in [0.25, 0.3) is 0 Å². The zero-order valence-corrected chi connectivity index (χ0v) is 11.4. The Morgan fingerprint density at radius 1 is 1.10 bits per heavy atom. The third kappa shape index (κ3) is 3.33. The molecule has 1 aromatic carbocycles. The number of pyridine rings is 1. The number of nitrogens with one attached hydrogen (secondary N) is 2. The van der Waals surface area contributed by atoms with Crippen LogP contribution in [0.3, 0.4) is 0 Å². The van der Waals surface area contributed by atoms with Crippen LogP contribution >= 0.6 is 11.6 Å². The van der Waals surface area contributed by atoms with Crippen LogP contribution in [0.1, 0.15) is 20.7 Å². The van der Waals surface area contributed by atoms with Gasteiger partial charge in [0.1, 0.15) is 5.15 Å². The number of carbonyl (C=O) groups excluding carboxylic acids is 2. The molecule has 2 aromatic rings. The van der Waals surface area contributed by atoms with Gasteiger partial charge in [-0.3, -0.25) is 9.59 Å². The number of hydrogen-bond acceptors (Lipinski definition) is 3. The lowest BCUT2D eigenvalue weighted by Crippen LogP contribution is -2.18. The molecule has 2 amide bonds. The molecule has 2 rings (SSSR count). The van der Waals surface area contributed by atoms with Crippen molar-refractivity contribution in [2.24, 2.45) is 0 Å². The van der Waals surface area contributed by atoms with E-state index in [-0.39, 0.29) is 17.0 Å². The number of hydrogen-bond donors (Lipinski definition) is 2. The second kappa shape index (κ2) is 6.16. The third-order valence-corrected chi connectivity index (χ3v) is 2.81. The molecule has 0 fully saturated rings. The summed E-state index contributed by atoms with van der Waals surface area (Å²) in [5.41, 5.74) is 1.40. The molecule has 0 aliphatic carbocycles. The lowest BCUT2D eigenvalue weighted by molar-refractivity contribution is 0.0961. The van der Waals surface area contributed by atoms with Gasteiger partial charge in [0, 0.05) is 30.1 Å². The normalized spacial score (nSPS) is 9.90. The summed E-state index contributed by atoms with van der Waals surface area (Å²) >= 11 is 5.73. The first-order chi connectivity index (χ1) is 9.60. The molecule has 0 unspecified atom stereocenters. The van der Waals surface area contributed by atoms with Gasteiger partial charge in [0.25, 0.3) is 11.8 Å². The molecule has 6 heteroatoms. The van der Waals surface area contributed by atoms with E-state index >= 15 is 0 Å². The van der Waals surface area contributed by atoms with Gasteiger partial charge in [-0.15, -0.1) is 0 Å². The molecule has 0 bridgehead atoms. The van der Waals surface area contributed by atoms with Gasteiger partial charge >= 0.3 is 0 Å². The maximum atomic E-state index is 12.0. The molecule has 0 atom stereocenters. The number of nitrogens with zero attached hydrogens (tertiary/aromatic N) is 1. The molecule has 1 aromatic heterocycles. The van der Waals surface area contributed by atoms with Gasteiger partial charge in [-0.2, -0.15) is 0 Å². The Bertz CT molecular complexity index is 658. The van der Waals surface area contributed by atoms with Crippen molar-refractivity contribution in [2.45, 2.75) is 0 Å². The van der Waals surface area contributed by atoms with Crippen molar-refractivity contribution >= 4 is 29.1 Å². The summed E-state index contributed by atoms with van der Waals surface area (Å²) in [4.78, 5) is 27.3. The molecule has 102 valence electrons. The average molecular weight is 290 g/mol. The Labute approximate surface area is 121 Å². The SMILES string of the molecule is CNC(=O)c1cccc(NC(=O)c2ccnc(Cl)c2)c1. The van der Waals surface area contributed by atoms with Crippen LogP contribution in [-0.2, 0) is 0 Å². The molecule has 20 heavy (non-hydrogen) atoms. The van der Waals surface area contributed by atoms with E-state index in [1.54, 1.807) is 37.4 Å². The van der Waals surface area contributed by atoms with Crippen molar-refractivity contribution in [1.82, 2.24) is 10.3 Å². The van der Waals surface area contributed by atoms with E-state index in [1.165, 1.54) is 12.3 Å². The highest BCUT2D eigenvalue weighted by Crippen LogP contribution is 2.13. The average Bonchev–Trinajstić information content (AvgIpc) is 2.46. The summed E-state index contributed by atoms with van der Waals surface area (Å²) in [6.07, 6.45) is 1.46. The summed E-state index contributed by atoms with van der Waals surface area (Å²) in [5, 5.41) is 5.47. The first kappa shape index (κ1) is 14.0. The zero-order chi connectivity index (χ0) is 14.5. The Morgan fingerprint density at radius 3 is 2.55 bits per heavy atom. The Kier molecular flexibility index (Phi) is 4.32. The van der Waals surface area contributed by atoms with Crippen LogP contribution in [-0.4, -0.2) is 23.8 Å².